The van der Waals surface area contributed by atoms with E-state index in [4.69, 9.17) is 11.6 Å². The first-order chi connectivity index (χ1) is 13.9. The molecule has 0 saturated carbocycles. The third-order valence-corrected chi connectivity index (χ3v) is 5.28. The molecule has 1 aliphatic rings. The Labute approximate surface area is 173 Å². The van der Waals surface area contributed by atoms with Crippen molar-refractivity contribution >= 4 is 41.3 Å². The molecular formula is C24H18ClNO3. The lowest BCUT2D eigenvalue weighted by molar-refractivity contribution is -0.116. The molecule has 0 radical (unpaired) electrons. The molecule has 1 aliphatic heterocycles. The van der Waals surface area contributed by atoms with Crippen LogP contribution in [0.25, 0.3) is 23.3 Å². The molecule has 0 atom stereocenters. The maximum Gasteiger partial charge on any atom is 0.336 e. The van der Waals surface area contributed by atoms with Crippen molar-refractivity contribution in [3.05, 3.63) is 87.9 Å². The summed E-state index contributed by atoms with van der Waals surface area (Å²) in [5.74, 6) is -1.05. The Morgan fingerprint density at radius 3 is 2.48 bits per heavy atom. The average Bonchev–Trinajstić information content (AvgIpc) is 2.69. The van der Waals surface area contributed by atoms with Gasteiger partial charge in [0.05, 0.1) is 17.8 Å². The van der Waals surface area contributed by atoms with Gasteiger partial charge in [-0.3, -0.25) is 4.79 Å². The molecule has 0 aliphatic carbocycles. The van der Waals surface area contributed by atoms with Gasteiger partial charge in [0, 0.05) is 11.9 Å². The second-order valence-electron chi connectivity index (χ2n) is 6.91. The number of halogens is 1. The number of benzene rings is 3. The Kier molecular flexibility index (Phi) is 4.95. The fraction of sp³-hybridized carbons (Fsp3) is 0.0833. The van der Waals surface area contributed by atoms with Gasteiger partial charge in [0.25, 0.3) is 0 Å². The topological polar surface area (TPSA) is 57.6 Å². The van der Waals surface area contributed by atoms with Crippen molar-refractivity contribution in [3.8, 4) is 11.1 Å². The predicted octanol–water partition coefficient (Wildman–Crippen LogP) is 5.74. The summed E-state index contributed by atoms with van der Waals surface area (Å²) in [5, 5.41) is 10.1. The molecule has 0 unspecified atom stereocenters. The van der Waals surface area contributed by atoms with Crippen molar-refractivity contribution in [2.45, 2.75) is 13.5 Å². The van der Waals surface area contributed by atoms with Crippen LogP contribution >= 0.6 is 11.6 Å². The minimum absolute atomic E-state index is 0.0776. The molecule has 0 fully saturated rings. The summed E-state index contributed by atoms with van der Waals surface area (Å²) in [6.07, 6.45) is 3.94. The van der Waals surface area contributed by atoms with Gasteiger partial charge in [0.1, 0.15) is 0 Å². The Morgan fingerprint density at radius 2 is 1.72 bits per heavy atom. The number of fused-ring (bicyclic) bond motifs is 2. The standard InChI is InChI=1S/C24H18ClNO3/c1-15(27)26-14-19-12-17(21-4-2-3-5-22(21)24(28)29)8-6-16(19)7-9-18-13-20(25)10-11-23(18)26/h2-13H,14H2,1H3,(H,28,29). The summed E-state index contributed by atoms with van der Waals surface area (Å²) < 4.78 is 0. The van der Waals surface area contributed by atoms with Crippen molar-refractivity contribution in [2.24, 2.45) is 0 Å². The predicted molar refractivity (Wildman–Crippen MR) is 116 cm³/mol. The summed E-state index contributed by atoms with van der Waals surface area (Å²) >= 11 is 6.14. The van der Waals surface area contributed by atoms with Gasteiger partial charge in [-0.1, -0.05) is 54.1 Å². The van der Waals surface area contributed by atoms with E-state index in [1.807, 2.05) is 48.6 Å². The first-order valence-corrected chi connectivity index (χ1v) is 9.53. The quantitative estimate of drug-likeness (QED) is 0.593. The van der Waals surface area contributed by atoms with Crippen molar-refractivity contribution in [2.75, 3.05) is 4.90 Å². The molecule has 1 N–H and O–H groups in total. The fourth-order valence-corrected chi connectivity index (χ4v) is 3.80. The molecule has 1 heterocycles. The number of hydrogen-bond donors (Lipinski definition) is 1. The van der Waals surface area contributed by atoms with Crippen molar-refractivity contribution in [1.29, 1.82) is 0 Å². The lowest BCUT2D eigenvalue weighted by Gasteiger charge is -2.26. The van der Waals surface area contributed by atoms with Gasteiger partial charge in [-0.05, 0) is 58.1 Å². The average molecular weight is 404 g/mol. The number of carbonyl (C=O) groups is 2. The molecule has 4 nitrogen and oxygen atoms in total. The highest BCUT2D eigenvalue weighted by molar-refractivity contribution is 6.30. The minimum atomic E-state index is -0.969. The zero-order valence-corrected chi connectivity index (χ0v) is 16.5. The number of amides is 1. The summed E-state index contributed by atoms with van der Waals surface area (Å²) in [4.78, 5) is 25.7. The number of aromatic carboxylic acids is 1. The molecule has 0 spiro atoms. The van der Waals surface area contributed by atoms with E-state index in [1.54, 1.807) is 29.2 Å². The van der Waals surface area contributed by atoms with Gasteiger partial charge in [-0.2, -0.15) is 0 Å². The number of hydrogen-bond acceptors (Lipinski definition) is 2. The monoisotopic (exact) mass is 403 g/mol. The number of carboxylic acids is 1. The number of anilines is 1. The molecule has 3 aromatic rings. The third-order valence-electron chi connectivity index (χ3n) is 5.04. The largest absolute Gasteiger partial charge is 0.478 e. The summed E-state index contributed by atoms with van der Waals surface area (Å²) in [7, 11) is 0. The lowest BCUT2D eigenvalue weighted by atomic mass is 9.94. The summed E-state index contributed by atoms with van der Waals surface area (Å²) in [6.45, 7) is 1.92. The van der Waals surface area contributed by atoms with Crippen LogP contribution in [0, 0.1) is 0 Å². The van der Waals surface area contributed by atoms with Crippen LogP contribution in [0.15, 0.2) is 60.7 Å². The Morgan fingerprint density at radius 1 is 0.966 bits per heavy atom. The van der Waals surface area contributed by atoms with Crippen molar-refractivity contribution < 1.29 is 14.7 Å². The molecule has 3 aromatic carbocycles. The van der Waals surface area contributed by atoms with E-state index in [0.29, 0.717) is 17.1 Å². The molecule has 5 heteroatoms. The minimum Gasteiger partial charge on any atom is -0.478 e. The number of rotatable bonds is 2. The van der Waals surface area contributed by atoms with E-state index in [0.717, 1.165) is 27.9 Å². The van der Waals surface area contributed by atoms with Crippen LogP contribution in [0.5, 0.6) is 0 Å². The number of carbonyl (C=O) groups excluding carboxylic acids is 1. The SMILES string of the molecule is CC(=O)N1Cc2cc(-c3ccccc3C(=O)O)ccc2C=Cc2cc(Cl)ccc21. The molecule has 0 bridgehead atoms. The van der Waals surface area contributed by atoms with Crippen molar-refractivity contribution in [1.82, 2.24) is 0 Å². The maximum absolute atomic E-state index is 12.4. The van der Waals surface area contributed by atoms with Crippen LogP contribution in [0.2, 0.25) is 5.02 Å². The fourth-order valence-electron chi connectivity index (χ4n) is 3.61. The molecule has 29 heavy (non-hydrogen) atoms. The summed E-state index contributed by atoms with van der Waals surface area (Å²) in [5.41, 5.74) is 5.27. The first kappa shape index (κ1) is 19.0. The van der Waals surface area contributed by atoms with Gasteiger partial charge >= 0.3 is 5.97 Å². The molecular weight excluding hydrogens is 386 g/mol. The normalized spacial score (nSPS) is 12.6. The zero-order chi connectivity index (χ0) is 20.5. The smallest absolute Gasteiger partial charge is 0.336 e. The zero-order valence-electron chi connectivity index (χ0n) is 15.7. The Hall–Kier alpha value is -3.37. The Balaban J connectivity index is 1.86. The van der Waals surface area contributed by atoms with Gasteiger partial charge in [0.2, 0.25) is 5.91 Å². The van der Waals surface area contributed by atoms with Gasteiger partial charge in [0.15, 0.2) is 0 Å². The molecule has 0 saturated heterocycles. The Bertz CT molecular complexity index is 1170. The molecule has 4 rings (SSSR count). The van der Waals surface area contributed by atoms with Crippen LogP contribution in [0.4, 0.5) is 5.69 Å². The van der Waals surface area contributed by atoms with Gasteiger partial charge in [-0.15, -0.1) is 0 Å². The third kappa shape index (κ3) is 3.67. The van der Waals surface area contributed by atoms with Crippen LogP contribution in [-0.4, -0.2) is 17.0 Å². The molecule has 0 aromatic heterocycles. The molecule has 1 amide bonds. The van der Waals surface area contributed by atoms with Crippen LogP contribution < -0.4 is 4.90 Å². The summed E-state index contributed by atoms with van der Waals surface area (Å²) in [6, 6.07) is 18.2. The van der Waals surface area contributed by atoms with E-state index in [2.05, 4.69) is 0 Å². The number of nitrogens with zero attached hydrogens (tertiary/aromatic N) is 1. The second kappa shape index (κ2) is 7.57. The van der Waals surface area contributed by atoms with Crippen molar-refractivity contribution in [3.63, 3.8) is 0 Å². The van der Waals surface area contributed by atoms with E-state index >= 15 is 0 Å². The first-order valence-electron chi connectivity index (χ1n) is 9.15. The van der Waals surface area contributed by atoms with E-state index in [-0.39, 0.29) is 11.5 Å². The highest BCUT2D eigenvalue weighted by Crippen LogP contribution is 2.33. The maximum atomic E-state index is 12.4. The van der Waals surface area contributed by atoms with E-state index in [9.17, 15) is 14.7 Å². The van der Waals surface area contributed by atoms with E-state index in [1.165, 1.54) is 6.92 Å². The van der Waals surface area contributed by atoms with Crippen LogP contribution in [-0.2, 0) is 11.3 Å². The highest BCUT2D eigenvalue weighted by atomic mass is 35.5. The molecule has 144 valence electrons. The lowest BCUT2D eigenvalue weighted by Crippen LogP contribution is -2.29. The van der Waals surface area contributed by atoms with E-state index < -0.39 is 5.97 Å². The van der Waals surface area contributed by atoms with Crippen LogP contribution in [0.1, 0.15) is 34.0 Å². The highest BCUT2D eigenvalue weighted by Gasteiger charge is 2.20. The van der Waals surface area contributed by atoms with Gasteiger partial charge < -0.3 is 10.0 Å². The van der Waals surface area contributed by atoms with Gasteiger partial charge in [-0.25, -0.2) is 4.79 Å². The second-order valence-corrected chi connectivity index (χ2v) is 7.34. The number of carboxylic acid groups (broad SMARTS) is 1. The van der Waals surface area contributed by atoms with Crippen LogP contribution in [0.3, 0.4) is 0 Å².